The maximum absolute atomic E-state index is 10.0. The second-order valence-electron chi connectivity index (χ2n) is 1.45. The molecule has 1 aromatic heterocycles. The van der Waals surface area contributed by atoms with Gasteiger partial charge in [0.2, 0.25) is 0 Å². The van der Waals surface area contributed by atoms with Crippen LogP contribution in [0.4, 0.5) is 0 Å². The Morgan fingerprint density at radius 2 is 2.30 bits per heavy atom. The van der Waals surface area contributed by atoms with Crippen molar-refractivity contribution in [3.8, 4) is 0 Å². The van der Waals surface area contributed by atoms with Gasteiger partial charge in [-0.15, -0.1) is 0 Å². The summed E-state index contributed by atoms with van der Waals surface area (Å²) in [5.74, 6) is -1.24. The molecule has 0 bridgehead atoms. The first-order valence-corrected chi connectivity index (χ1v) is 2.24. The molecule has 0 spiro atoms. The first-order valence-electron chi connectivity index (χ1n) is 2.24. The molecule has 0 saturated carbocycles. The number of carboxylic acid groups (broad SMARTS) is 1. The van der Waals surface area contributed by atoms with Crippen LogP contribution >= 0.6 is 0 Å². The summed E-state index contributed by atoms with van der Waals surface area (Å²) in [6, 6.07) is 0. The molecule has 0 fully saturated rings. The van der Waals surface area contributed by atoms with E-state index in [2.05, 4.69) is 14.7 Å². The third-order valence-electron chi connectivity index (χ3n) is 0.711. The molecule has 0 aromatic carbocycles. The third-order valence-corrected chi connectivity index (χ3v) is 0.711. The van der Waals surface area contributed by atoms with E-state index in [0.717, 1.165) is 0 Å². The van der Waals surface area contributed by atoms with E-state index >= 15 is 0 Å². The van der Waals surface area contributed by atoms with Gasteiger partial charge in [0.25, 0.3) is 0 Å². The molecule has 5 nitrogen and oxygen atoms in total. The summed E-state index contributed by atoms with van der Waals surface area (Å²) < 4.78 is 4.27. The van der Waals surface area contributed by atoms with Crippen LogP contribution < -0.4 is 0 Å². The van der Waals surface area contributed by atoms with Crippen LogP contribution in [-0.4, -0.2) is 50.8 Å². The number of rotatable bonds is 1. The summed E-state index contributed by atoms with van der Waals surface area (Å²) in [6.45, 7) is 1.55. The van der Waals surface area contributed by atoms with Gasteiger partial charge in [-0.3, -0.25) is 0 Å². The molecule has 0 unspecified atom stereocenters. The Labute approximate surface area is 78.7 Å². The van der Waals surface area contributed by atoms with Gasteiger partial charge in [0, 0.05) is 0 Å². The van der Waals surface area contributed by atoms with Gasteiger partial charge >= 0.3 is 41.4 Å². The Hall–Kier alpha value is -0.390. The molecule has 1 N–H and O–H groups in total. The molecule has 1 heterocycles. The second kappa shape index (κ2) is 3.70. The number of carboxylic acids is 1. The van der Waals surface area contributed by atoms with Crippen LogP contribution in [-0.2, 0) is 0 Å². The molecule has 10 heavy (non-hydrogen) atoms. The summed E-state index contributed by atoms with van der Waals surface area (Å²) in [4.78, 5) is 13.5. The molecule has 1 aromatic rings. The molecule has 0 aliphatic carbocycles. The molecular formula is C4H5N2NaO3. The SMILES string of the molecule is Cc1noc(C(=O)O)n1.[NaH]. The number of aryl methyl sites for hydroxylation is 1. The molecule has 0 amide bonds. The van der Waals surface area contributed by atoms with Gasteiger partial charge in [-0.2, -0.15) is 4.98 Å². The standard InChI is InChI=1S/C4H4N2O3.Na.H/c1-2-5-3(4(7)8)9-6-2;;/h1H3,(H,7,8);;. The summed E-state index contributed by atoms with van der Waals surface area (Å²) in [6.07, 6.45) is 0. The predicted molar refractivity (Wildman–Crippen MR) is 33.1 cm³/mol. The Balaban J connectivity index is 0.000000810. The van der Waals surface area contributed by atoms with Crippen molar-refractivity contribution in [2.45, 2.75) is 6.92 Å². The van der Waals surface area contributed by atoms with Crippen LogP contribution in [0.15, 0.2) is 4.52 Å². The van der Waals surface area contributed by atoms with Gasteiger partial charge < -0.3 is 9.63 Å². The van der Waals surface area contributed by atoms with Crippen molar-refractivity contribution in [2.24, 2.45) is 0 Å². The van der Waals surface area contributed by atoms with Crippen molar-refractivity contribution in [3.05, 3.63) is 11.7 Å². The van der Waals surface area contributed by atoms with E-state index in [1.807, 2.05) is 0 Å². The Morgan fingerprint density at radius 3 is 2.50 bits per heavy atom. The van der Waals surface area contributed by atoms with Crippen LogP contribution in [0.3, 0.4) is 0 Å². The molecule has 0 radical (unpaired) electrons. The van der Waals surface area contributed by atoms with E-state index < -0.39 is 5.97 Å². The first-order chi connectivity index (χ1) is 4.20. The first kappa shape index (κ1) is 9.61. The Bertz CT molecular complexity index is 234. The molecule has 0 atom stereocenters. The topological polar surface area (TPSA) is 76.2 Å². The average molecular weight is 152 g/mol. The van der Waals surface area contributed by atoms with Gasteiger partial charge in [-0.05, 0) is 6.92 Å². The number of aromatic carboxylic acids is 1. The summed E-state index contributed by atoms with van der Waals surface area (Å²) in [5, 5.41) is 11.5. The number of hydrogen-bond donors (Lipinski definition) is 1. The third kappa shape index (κ3) is 2.09. The van der Waals surface area contributed by atoms with E-state index in [0.29, 0.717) is 5.82 Å². The zero-order valence-corrected chi connectivity index (χ0v) is 4.66. The molecule has 0 aliphatic rings. The van der Waals surface area contributed by atoms with Crippen LogP contribution in [0.25, 0.3) is 0 Å². The number of carbonyl (C=O) groups is 1. The van der Waals surface area contributed by atoms with E-state index in [1.165, 1.54) is 0 Å². The molecular weight excluding hydrogens is 147 g/mol. The molecule has 50 valence electrons. The zero-order chi connectivity index (χ0) is 6.85. The van der Waals surface area contributed by atoms with Gasteiger partial charge in [0.15, 0.2) is 5.82 Å². The summed E-state index contributed by atoms with van der Waals surface area (Å²) in [5.41, 5.74) is 0. The van der Waals surface area contributed by atoms with Gasteiger partial charge in [0.05, 0.1) is 0 Å². The molecule has 1 rings (SSSR count). The maximum atomic E-state index is 10.0. The van der Waals surface area contributed by atoms with E-state index in [1.54, 1.807) is 6.92 Å². The number of aromatic nitrogens is 2. The minimum absolute atomic E-state index is 0. The van der Waals surface area contributed by atoms with Crippen molar-refractivity contribution >= 4 is 35.5 Å². The van der Waals surface area contributed by atoms with Crippen LogP contribution in [0.2, 0.25) is 0 Å². The molecule has 6 heteroatoms. The van der Waals surface area contributed by atoms with Crippen molar-refractivity contribution in [3.63, 3.8) is 0 Å². The van der Waals surface area contributed by atoms with Crippen LogP contribution in [0.5, 0.6) is 0 Å². The monoisotopic (exact) mass is 152 g/mol. The number of hydrogen-bond acceptors (Lipinski definition) is 4. The van der Waals surface area contributed by atoms with Gasteiger partial charge in [-0.1, -0.05) is 5.16 Å². The van der Waals surface area contributed by atoms with Crippen molar-refractivity contribution in [1.82, 2.24) is 10.1 Å². The summed E-state index contributed by atoms with van der Waals surface area (Å²) >= 11 is 0. The summed E-state index contributed by atoms with van der Waals surface area (Å²) in [7, 11) is 0. The average Bonchev–Trinajstić information content (AvgIpc) is 2.14. The molecule has 0 saturated heterocycles. The fourth-order valence-electron chi connectivity index (χ4n) is 0.384. The second-order valence-corrected chi connectivity index (χ2v) is 1.45. The van der Waals surface area contributed by atoms with Crippen LogP contribution in [0, 0.1) is 6.92 Å². The van der Waals surface area contributed by atoms with E-state index in [9.17, 15) is 4.79 Å². The van der Waals surface area contributed by atoms with Gasteiger partial charge in [-0.25, -0.2) is 4.79 Å². The Kier molecular flexibility index (Phi) is 3.55. The van der Waals surface area contributed by atoms with E-state index in [-0.39, 0.29) is 35.4 Å². The predicted octanol–water partition coefficient (Wildman–Crippen LogP) is -0.572. The quantitative estimate of drug-likeness (QED) is 0.545. The van der Waals surface area contributed by atoms with Crippen molar-refractivity contribution < 1.29 is 14.4 Å². The Morgan fingerprint density at radius 1 is 1.70 bits per heavy atom. The van der Waals surface area contributed by atoms with E-state index in [4.69, 9.17) is 5.11 Å². The minimum atomic E-state index is -1.20. The molecule has 0 aliphatic heterocycles. The van der Waals surface area contributed by atoms with Crippen molar-refractivity contribution in [2.75, 3.05) is 0 Å². The zero-order valence-electron chi connectivity index (χ0n) is 4.66. The van der Waals surface area contributed by atoms with Gasteiger partial charge in [0.1, 0.15) is 0 Å². The number of nitrogens with zero attached hydrogens (tertiary/aromatic N) is 2. The van der Waals surface area contributed by atoms with Crippen LogP contribution in [0.1, 0.15) is 16.5 Å². The van der Waals surface area contributed by atoms with Crippen molar-refractivity contribution in [1.29, 1.82) is 0 Å². The normalized spacial score (nSPS) is 8.50. The fraction of sp³-hybridized carbons (Fsp3) is 0.250. The fourth-order valence-corrected chi connectivity index (χ4v) is 0.384.